The maximum atomic E-state index is 11.1. The third-order valence-corrected chi connectivity index (χ3v) is 2.56. The zero-order chi connectivity index (χ0) is 10.3. The van der Waals surface area contributed by atoms with Gasteiger partial charge in [0.15, 0.2) is 0 Å². The molecule has 3 N–H and O–H groups in total. The maximum Gasteiger partial charge on any atom is 0.277 e. The molecule has 0 aromatic rings. The summed E-state index contributed by atoms with van der Waals surface area (Å²) in [6, 6.07) is -0.603. The van der Waals surface area contributed by atoms with Crippen molar-refractivity contribution in [1.82, 2.24) is 9.44 Å². The van der Waals surface area contributed by atoms with Gasteiger partial charge in [-0.2, -0.15) is 13.1 Å². The van der Waals surface area contributed by atoms with Crippen molar-refractivity contribution in [2.24, 2.45) is 0 Å². The zero-order valence-corrected chi connectivity index (χ0v) is 8.60. The van der Waals surface area contributed by atoms with E-state index in [1.54, 1.807) is 6.92 Å². The van der Waals surface area contributed by atoms with Crippen LogP contribution >= 0.6 is 0 Å². The average Bonchev–Trinajstić information content (AvgIpc) is 2.03. The number of rotatable bonds is 7. The minimum atomic E-state index is -3.51. The molecule has 0 bridgehead atoms. The minimum absolute atomic E-state index is 0.140. The summed E-state index contributed by atoms with van der Waals surface area (Å²) in [6.07, 6.45) is 0. The van der Waals surface area contributed by atoms with Crippen molar-refractivity contribution in [1.29, 1.82) is 0 Å². The Morgan fingerprint density at radius 1 is 1.54 bits per heavy atom. The van der Waals surface area contributed by atoms with Crippen LogP contribution in [-0.4, -0.2) is 46.4 Å². The SMILES string of the molecule is CCNS(=O)(=O)NC(CO)COC. The van der Waals surface area contributed by atoms with Crippen molar-refractivity contribution in [3.63, 3.8) is 0 Å². The summed E-state index contributed by atoms with van der Waals surface area (Å²) in [4.78, 5) is 0. The highest BCUT2D eigenvalue weighted by atomic mass is 32.2. The Morgan fingerprint density at radius 2 is 2.15 bits per heavy atom. The molecule has 0 saturated carbocycles. The van der Waals surface area contributed by atoms with Crippen molar-refractivity contribution in [2.75, 3.05) is 26.9 Å². The number of aliphatic hydroxyl groups excluding tert-OH is 1. The highest BCUT2D eigenvalue weighted by Crippen LogP contribution is 1.86. The summed E-state index contributed by atoms with van der Waals surface area (Å²) in [5.41, 5.74) is 0. The average molecular weight is 212 g/mol. The molecular weight excluding hydrogens is 196 g/mol. The third-order valence-electron chi connectivity index (χ3n) is 1.24. The first-order valence-corrected chi connectivity index (χ1v) is 5.40. The molecule has 80 valence electrons. The molecule has 13 heavy (non-hydrogen) atoms. The van der Waals surface area contributed by atoms with E-state index in [0.717, 1.165) is 0 Å². The second-order valence-corrected chi connectivity index (χ2v) is 3.99. The molecule has 0 aliphatic carbocycles. The van der Waals surface area contributed by atoms with Crippen LogP contribution in [0.1, 0.15) is 6.92 Å². The number of nitrogens with one attached hydrogen (secondary N) is 2. The van der Waals surface area contributed by atoms with Gasteiger partial charge in [-0.15, -0.1) is 0 Å². The molecule has 0 heterocycles. The van der Waals surface area contributed by atoms with Gasteiger partial charge in [-0.25, -0.2) is 4.72 Å². The highest BCUT2D eigenvalue weighted by molar-refractivity contribution is 7.87. The van der Waals surface area contributed by atoms with Crippen LogP contribution in [0, 0.1) is 0 Å². The number of methoxy groups -OCH3 is 1. The molecular formula is C6H16N2O4S. The van der Waals surface area contributed by atoms with Crippen molar-refractivity contribution in [3.05, 3.63) is 0 Å². The van der Waals surface area contributed by atoms with Gasteiger partial charge in [-0.05, 0) is 0 Å². The molecule has 1 unspecified atom stereocenters. The zero-order valence-electron chi connectivity index (χ0n) is 7.78. The van der Waals surface area contributed by atoms with Gasteiger partial charge in [0.25, 0.3) is 10.2 Å². The molecule has 0 rings (SSSR count). The maximum absolute atomic E-state index is 11.1. The fraction of sp³-hybridized carbons (Fsp3) is 1.00. The monoisotopic (exact) mass is 212 g/mol. The number of aliphatic hydroxyl groups is 1. The summed E-state index contributed by atoms with van der Waals surface area (Å²) < 4.78 is 31.3. The quantitative estimate of drug-likeness (QED) is 0.476. The lowest BCUT2D eigenvalue weighted by atomic mass is 10.4. The van der Waals surface area contributed by atoms with Gasteiger partial charge in [0.05, 0.1) is 19.3 Å². The predicted molar refractivity (Wildman–Crippen MR) is 48.5 cm³/mol. The molecule has 0 aromatic carbocycles. The Hall–Kier alpha value is -0.210. The van der Waals surface area contributed by atoms with Crippen LogP contribution in [0.4, 0.5) is 0 Å². The van der Waals surface area contributed by atoms with Gasteiger partial charge in [-0.1, -0.05) is 6.92 Å². The number of ether oxygens (including phenoxy) is 1. The Bertz CT molecular complexity index is 217. The molecule has 0 spiro atoms. The third kappa shape index (κ3) is 5.94. The lowest BCUT2D eigenvalue weighted by Crippen LogP contribution is -2.46. The Labute approximate surface area is 78.5 Å². The Kier molecular flexibility index (Phi) is 6.17. The summed E-state index contributed by atoms with van der Waals surface area (Å²) >= 11 is 0. The van der Waals surface area contributed by atoms with E-state index in [2.05, 4.69) is 9.44 Å². The highest BCUT2D eigenvalue weighted by Gasteiger charge is 2.15. The van der Waals surface area contributed by atoms with Crippen molar-refractivity contribution in [2.45, 2.75) is 13.0 Å². The van der Waals surface area contributed by atoms with E-state index in [9.17, 15) is 8.42 Å². The first-order valence-electron chi connectivity index (χ1n) is 3.92. The van der Waals surface area contributed by atoms with E-state index in [-0.39, 0.29) is 13.2 Å². The number of hydrogen-bond donors (Lipinski definition) is 3. The molecule has 6 nitrogen and oxygen atoms in total. The second kappa shape index (κ2) is 6.28. The summed E-state index contributed by atoms with van der Waals surface area (Å²) in [5, 5.41) is 8.75. The molecule has 0 radical (unpaired) electrons. The minimum Gasteiger partial charge on any atom is -0.395 e. The van der Waals surface area contributed by atoms with Crippen LogP contribution < -0.4 is 9.44 Å². The summed E-state index contributed by atoms with van der Waals surface area (Å²) in [6.45, 7) is 1.82. The normalized spacial score (nSPS) is 14.4. The van der Waals surface area contributed by atoms with Crippen LogP contribution in [0.5, 0.6) is 0 Å². The first-order chi connectivity index (χ1) is 6.05. The van der Waals surface area contributed by atoms with E-state index < -0.39 is 16.3 Å². The first kappa shape index (κ1) is 12.8. The van der Waals surface area contributed by atoms with Gasteiger partial charge < -0.3 is 9.84 Å². The van der Waals surface area contributed by atoms with Crippen LogP contribution in [0.3, 0.4) is 0 Å². The second-order valence-electron chi connectivity index (χ2n) is 2.45. The molecule has 0 aliphatic heterocycles. The smallest absolute Gasteiger partial charge is 0.277 e. The van der Waals surface area contributed by atoms with Crippen molar-refractivity contribution in [3.8, 4) is 0 Å². The molecule has 0 aliphatic rings. The van der Waals surface area contributed by atoms with Crippen LogP contribution in [0.15, 0.2) is 0 Å². The van der Waals surface area contributed by atoms with Gasteiger partial charge in [0.1, 0.15) is 0 Å². The van der Waals surface area contributed by atoms with Crippen LogP contribution in [-0.2, 0) is 14.9 Å². The van der Waals surface area contributed by atoms with Crippen molar-refractivity contribution < 1.29 is 18.3 Å². The summed E-state index contributed by atoms with van der Waals surface area (Å²) in [7, 11) is -2.07. The van der Waals surface area contributed by atoms with E-state index >= 15 is 0 Å². The van der Waals surface area contributed by atoms with Gasteiger partial charge in [0.2, 0.25) is 0 Å². The molecule has 7 heteroatoms. The molecule has 0 aromatic heterocycles. The molecule has 0 fully saturated rings. The molecule has 1 atom stereocenters. The van der Waals surface area contributed by atoms with Gasteiger partial charge in [0, 0.05) is 13.7 Å². The Balaban J connectivity index is 4.06. The Morgan fingerprint density at radius 3 is 2.54 bits per heavy atom. The van der Waals surface area contributed by atoms with Crippen LogP contribution in [0.2, 0.25) is 0 Å². The van der Waals surface area contributed by atoms with Crippen molar-refractivity contribution >= 4 is 10.2 Å². The van der Waals surface area contributed by atoms with Gasteiger partial charge >= 0.3 is 0 Å². The van der Waals surface area contributed by atoms with E-state index in [1.807, 2.05) is 0 Å². The number of hydrogen-bond acceptors (Lipinski definition) is 4. The lowest BCUT2D eigenvalue weighted by molar-refractivity contribution is 0.139. The van der Waals surface area contributed by atoms with E-state index in [0.29, 0.717) is 6.54 Å². The summed E-state index contributed by atoms with van der Waals surface area (Å²) in [5.74, 6) is 0. The van der Waals surface area contributed by atoms with E-state index in [4.69, 9.17) is 9.84 Å². The lowest BCUT2D eigenvalue weighted by Gasteiger charge is -2.14. The van der Waals surface area contributed by atoms with E-state index in [1.165, 1.54) is 7.11 Å². The molecule has 0 amide bonds. The molecule has 0 saturated heterocycles. The standard InChI is InChI=1S/C6H16N2O4S/c1-3-7-13(10,11)8-6(4-9)5-12-2/h6-9H,3-5H2,1-2H3. The largest absolute Gasteiger partial charge is 0.395 e. The van der Waals surface area contributed by atoms with Gasteiger partial charge in [-0.3, -0.25) is 0 Å². The fourth-order valence-corrected chi connectivity index (χ4v) is 1.82. The topological polar surface area (TPSA) is 87.7 Å². The fourth-order valence-electron chi connectivity index (χ4n) is 0.776. The predicted octanol–water partition coefficient (Wildman–Crippen LogP) is -1.56. The van der Waals surface area contributed by atoms with Crippen LogP contribution in [0.25, 0.3) is 0 Å².